The molecule has 0 fully saturated rings. The molecule has 0 amide bonds. The van der Waals surface area contributed by atoms with Gasteiger partial charge in [0.25, 0.3) is 0 Å². The van der Waals surface area contributed by atoms with Crippen molar-refractivity contribution in [2.24, 2.45) is 0 Å². The Bertz CT molecular complexity index is 571. The second-order valence-electron chi connectivity index (χ2n) is 3.71. The van der Waals surface area contributed by atoms with Crippen molar-refractivity contribution in [2.45, 2.75) is 0 Å². The summed E-state index contributed by atoms with van der Waals surface area (Å²) in [5.74, 6) is -1.55. The highest BCUT2D eigenvalue weighted by atomic mass is 19.1. The monoisotopic (exact) mass is 264 g/mol. The minimum absolute atomic E-state index is 0.0860. The molecule has 0 heterocycles. The molecule has 98 valence electrons. The highest BCUT2D eigenvalue weighted by Crippen LogP contribution is 2.29. The molecule has 2 aromatic rings. The van der Waals surface area contributed by atoms with Crippen molar-refractivity contribution in [3.05, 3.63) is 53.6 Å². The summed E-state index contributed by atoms with van der Waals surface area (Å²) in [6, 6.07) is 8.07. The molecule has 0 bridgehead atoms. The summed E-state index contributed by atoms with van der Waals surface area (Å²) in [7, 11) is 1.51. The highest BCUT2D eigenvalue weighted by molar-refractivity contribution is 5.75. The second-order valence-corrected chi connectivity index (χ2v) is 3.71. The molecule has 0 spiro atoms. The maximum atomic E-state index is 13.6. The van der Waals surface area contributed by atoms with Crippen LogP contribution in [0.1, 0.15) is 10.4 Å². The van der Waals surface area contributed by atoms with E-state index in [1.807, 2.05) is 0 Å². The lowest BCUT2D eigenvalue weighted by Crippen LogP contribution is -1.95. The van der Waals surface area contributed by atoms with Gasteiger partial charge in [-0.2, -0.15) is 0 Å². The van der Waals surface area contributed by atoms with E-state index in [0.717, 1.165) is 12.1 Å². The number of ether oxygens (including phenoxy) is 2. The molecule has 0 atom stereocenters. The first kappa shape index (κ1) is 13.0. The van der Waals surface area contributed by atoms with Gasteiger partial charge in [-0.1, -0.05) is 0 Å². The van der Waals surface area contributed by atoms with Crippen molar-refractivity contribution in [3.8, 4) is 17.2 Å². The fourth-order valence-corrected chi connectivity index (χ4v) is 1.51. The Hall–Kier alpha value is -2.43. The molecule has 5 heteroatoms. The van der Waals surface area contributed by atoms with Crippen LogP contribution in [0, 0.1) is 11.6 Å². The molecule has 0 saturated heterocycles. The summed E-state index contributed by atoms with van der Waals surface area (Å²) in [5.41, 5.74) is -0.0860. The van der Waals surface area contributed by atoms with Crippen LogP contribution in [-0.2, 0) is 0 Å². The fraction of sp³-hybridized carbons (Fsp3) is 0.0714. The van der Waals surface area contributed by atoms with E-state index in [0.29, 0.717) is 12.0 Å². The van der Waals surface area contributed by atoms with Gasteiger partial charge in [0.2, 0.25) is 0 Å². The molecule has 0 aliphatic rings. The Balaban J connectivity index is 2.29. The highest BCUT2D eigenvalue weighted by Gasteiger charge is 2.13. The van der Waals surface area contributed by atoms with Crippen LogP contribution in [0.2, 0.25) is 0 Å². The van der Waals surface area contributed by atoms with Gasteiger partial charge in [0.05, 0.1) is 7.11 Å². The fourth-order valence-electron chi connectivity index (χ4n) is 1.51. The molecule has 3 nitrogen and oxygen atoms in total. The van der Waals surface area contributed by atoms with E-state index in [2.05, 4.69) is 0 Å². The van der Waals surface area contributed by atoms with E-state index in [1.165, 1.54) is 19.2 Å². The number of halogens is 2. The first-order chi connectivity index (χ1) is 9.13. The van der Waals surface area contributed by atoms with E-state index in [4.69, 9.17) is 9.47 Å². The first-order valence-corrected chi connectivity index (χ1v) is 5.40. The Kier molecular flexibility index (Phi) is 3.75. The maximum Gasteiger partial charge on any atom is 0.198 e. The molecule has 0 aromatic heterocycles. The van der Waals surface area contributed by atoms with Crippen LogP contribution in [-0.4, -0.2) is 13.4 Å². The van der Waals surface area contributed by atoms with Gasteiger partial charge in [-0.25, -0.2) is 8.78 Å². The Morgan fingerprint density at radius 3 is 2.00 bits per heavy atom. The van der Waals surface area contributed by atoms with E-state index in [-0.39, 0.29) is 11.3 Å². The van der Waals surface area contributed by atoms with Crippen LogP contribution in [0.15, 0.2) is 36.4 Å². The lowest BCUT2D eigenvalue weighted by atomic mass is 10.2. The van der Waals surface area contributed by atoms with Crippen molar-refractivity contribution >= 4 is 6.29 Å². The van der Waals surface area contributed by atoms with E-state index >= 15 is 0 Å². The van der Waals surface area contributed by atoms with Gasteiger partial charge >= 0.3 is 0 Å². The molecule has 0 aliphatic heterocycles. The molecular weight excluding hydrogens is 254 g/mol. The molecule has 2 aromatic carbocycles. The quantitative estimate of drug-likeness (QED) is 0.792. The molecule has 0 N–H and O–H groups in total. The molecule has 0 aliphatic carbocycles. The Morgan fingerprint density at radius 2 is 1.53 bits per heavy atom. The number of aldehydes is 1. The summed E-state index contributed by atoms with van der Waals surface area (Å²) in [6.45, 7) is 0. The van der Waals surface area contributed by atoms with Gasteiger partial charge in [0.15, 0.2) is 17.4 Å². The van der Waals surface area contributed by atoms with E-state index < -0.39 is 17.4 Å². The number of rotatable bonds is 4. The van der Waals surface area contributed by atoms with Crippen LogP contribution in [0.5, 0.6) is 17.2 Å². The number of hydrogen-bond donors (Lipinski definition) is 0. The third kappa shape index (κ3) is 2.88. The summed E-state index contributed by atoms with van der Waals surface area (Å²) < 4.78 is 37.2. The average molecular weight is 264 g/mol. The summed E-state index contributed by atoms with van der Waals surface area (Å²) in [6.07, 6.45) is 0.364. The number of hydrogen-bond acceptors (Lipinski definition) is 3. The number of benzene rings is 2. The first-order valence-electron chi connectivity index (χ1n) is 5.40. The molecular formula is C14H10F2O3. The van der Waals surface area contributed by atoms with E-state index in [9.17, 15) is 13.6 Å². The standard InChI is InChI=1S/C14H10F2O3/c1-18-10-2-4-11(5-3-10)19-14-12(15)6-9(8-17)7-13(14)16/h2-8H,1H3. The minimum Gasteiger partial charge on any atom is -0.497 e. The maximum absolute atomic E-state index is 13.6. The predicted molar refractivity (Wildman–Crippen MR) is 64.8 cm³/mol. The molecule has 0 unspecified atom stereocenters. The molecule has 0 saturated carbocycles. The van der Waals surface area contributed by atoms with Crippen molar-refractivity contribution in [1.82, 2.24) is 0 Å². The lowest BCUT2D eigenvalue weighted by Gasteiger charge is -2.09. The third-order valence-electron chi connectivity index (χ3n) is 2.44. The second kappa shape index (κ2) is 5.48. The zero-order chi connectivity index (χ0) is 13.8. The van der Waals surface area contributed by atoms with Crippen LogP contribution in [0.25, 0.3) is 0 Å². The van der Waals surface area contributed by atoms with Gasteiger partial charge < -0.3 is 9.47 Å². The molecule has 2 rings (SSSR count). The predicted octanol–water partition coefficient (Wildman–Crippen LogP) is 3.58. The van der Waals surface area contributed by atoms with Crippen LogP contribution >= 0.6 is 0 Å². The largest absolute Gasteiger partial charge is 0.497 e. The third-order valence-corrected chi connectivity index (χ3v) is 2.44. The van der Waals surface area contributed by atoms with Crippen molar-refractivity contribution in [2.75, 3.05) is 7.11 Å². The smallest absolute Gasteiger partial charge is 0.198 e. The minimum atomic E-state index is -0.932. The SMILES string of the molecule is COc1ccc(Oc2c(F)cc(C=O)cc2F)cc1. The lowest BCUT2D eigenvalue weighted by molar-refractivity contribution is 0.112. The Labute approximate surface area is 108 Å². The average Bonchev–Trinajstić information content (AvgIpc) is 2.43. The van der Waals surface area contributed by atoms with Gasteiger partial charge in [0, 0.05) is 5.56 Å². The number of carbonyl (C=O) groups is 1. The summed E-state index contributed by atoms with van der Waals surface area (Å²) in [4.78, 5) is 10.5. The van der Waals surface area contributed by atoms with Crippen LogP contribution < -0.4 is 9.47 Å². The van der Waals surface area contributed by atoms with Crippen LogP contribution in [0.3, 0.4) is 0 Å². The van der Waals surface area contributed by atoms with Gasteiger partial charge in [0.1, 0.15) is 17.8 Å². The zero-order valence-electron chi connectivity index (χ0n) is 10.0. The number of methoxy groups -OCH3 is 1. The Morgan fingerprint density at radius 1 is 1.00 bits per heavy atom. The topological polar surface area (TPSA) is 35.5 Å². The number of carbonyl (C=O) groups excluding carboxylic acids is 1. The molecule has 0 radical (unpaired) electrons. The summed E-state index contributed by atoms with van der Waals surface area (Å²) in [5, 5.41) is 0. The van der Waals surface area contributed by atoms with E-state index in [1.54, 1.807) is 12.1 Å². The van der Waals surface area contributed by atoms with Crippen LogP contribution in [0.4, 0.5) is 8.78 Å². The van der Waals surface area contributed by atoms with Crippen molar-refractivity contribution in [1.29, 1.82) is 0 Å². The zero-order valence-corrected chi connectivity index (χ0v) is 10.0. The van der Waals surface area contributed by atoms with Gasteiger partial charge in [-0.3, -0.25) is 4.79 Å². The summed E-state index contributed by atoms with van der Waals surface area (Å²) >= 11 is 0. The van der Waals surface area contributed by atoms with Crippen molar-refractivity contribution in [3.63, 3.8) is 0 Å². The van der Waals surface area contributed by atoms with Gasteiger partial charge in [-0.15, -0.1) is 0 Å². The van der Waals surface area contributed by atoms with Crippen molar-refractivity contribution < 1.29 is 23.0 Å². The van der Waals surface area contributed by atoms with Gasteiger partial charge in [-0.05, 0) is 36.4 Å². The normalized spacial score (nSPS) is 10.1. The molecule has 19 heavy (non-hydrogen) atoms.